The van der Waals surface area contributed by atoms with Crippen molar-refractivity contribution in [1.29, 1.82) is 5.26 Å². The average molecular weight is 374 g/mol. The van der Waals surface area contributed by atoms with Gasteiger partial charge in [0.25, 0.3) is 5.91 Å². The molecule has 142 valence electrons. The van der Waals surface area contributed by atoms with Crippen LogP contribution in [0.4, 0.5) is 0 Å². The van der Waals surface area contributed by atoms with Gasteiger partial charge in [0.15, 0.2) is 6.10 Å². The second-order valence-electron chi connectivity index (χ2n) is 6.80. The second kappa shape index (κ2) is 9.01. The van der Waals surface area contributed by atoms with Gasteiger partial charge in [-0.2, -0.15) is 5.26 Å². The Hall–Kier alpha value is -3.39. The zero-order chi connectivity index (χ0) is 19.9. The van der Waals surface area contributed by atoms with Crippen LogP contribution in [0, 0.1) is 11.3 Å². The topological polar surface area (TPSA) is 79.2 Å². The Morgan fingerprint density at radius 3 is 2.71 bits per heavy atom. The van der Waals surface area contributed by atoms with E-state index in [1.165, 1.54) is 11.6 Å². The quantitative estimate of drug-likeness (QED) is 0.639. The van der Waals surface area contributed by atoms with Gasteiger partial charge in [-0.25, -0.2) is 4.79 Å². The number of fused-ring (bicyclic) bond motifs is 1. The number of nitrogens with zero attached hydrogens (tertiary/aromatic N) is 1. The van der Waals surface area contributed by atoms with Gasteiger partial charge in [0.05, 0.1) is 17.7 Å². The first-order valence-corrected chi connectivity index (χ1v) is 9.34. The van der Waals surface area contributed by atoms with Gasteiger partial charge in [-0.3, -0.25) is 4.79 Å². The van der Waals surface area contributed by atoms with Gasteiger partial charge in [-0.15, -0.1) is 0 Å². The summed E-state index contributed by atoms with van der Waals surface area (Å²) in [7, 11) is 0. The lowest BCUT2D eigenvalue weighted by Crippen LogP contribution is -2.39. The first kappa shape index (κ1) is 19.4. The van der Waals surface area contributed by atoms with Crippen LogP contribution >= 0.6 is 0 Å². The first-order chi connectivity index (χ1) is 13.6. The fourth-order valence-electron chi connectivity index (χ4n) is 3.29. The van der Waals surface area contributed by atoms with Crippen molar-refractivity contribution >= 4 is 18.0 Å². The van der Waals surface area contributed by atoms with Crippen molar-refractivity contribution in [2.75, 3.05) is 0 Å². The number of amides is 1. The fraction of sp³-hybridized carbons (Fsp3) is 0.261. The molecule has 28 heavy (non-hydrogen) atoms. The molecule has 0 heterocycles. The zero-order valence-electron chi connectivity index (χ0n) is 15.7. The number of nitriles is 1. The van der Waals surface area contributed by atoms with E-state index in [2.05, 4.69) is 11.4 Å². The molecule has 0 fully saturated rings. The molecule has 2 aromatic carbocycles. The molecule has 2 atom stereocenters. The minimum Gasteiger partial charge on any atom is -0.449 e. The third-order valence-electron chi connectivity index (χ3n) is 4.80. The Morgan fingerprint density at radius 2 is 1.96 bits per heavy atom. The summed E-state index contributed by atoms with van der Waals surface area (Å²) < 4.78 is 5.22. The van der Waals surface area contributed by atoms with E-state index in [4.69, 9.17) is 10.00 Å². The molecule has 0 bridgehead atoms. The van der Waals surface area contributed by atoms with E-state index in [1.54, 1.807) is 37.3 Å². The Kier molecular flexibility index (Phi) is 6.23. The second-order valence-corrected chi connectivity index (χ2v) is 6.80. The molecule has 0 unspecified atom stereocenters. The number of benzene rings is 2. The van der Waals surface area contributed by atoms with Gasteiger partial charge in [-0.1, -0.05) is 36.4 Å². The van der Waals surface area contributed by atoms with Crippen molar-refractivity contribution in [2.24, 2.45) is 0 Å². The van der Waals surface area contributed by atoms with E-state index in [0.29, 0.717) is 5.56 Å². The van der Waals surface area contributed by atoms with Crippen molar-refractivity contribution in [1.82, 2.24) is 5.32 Å². The number of rotatable bonds is 5. The number of hydrogen-bond donors (Lipinski definition) is 1. The molecular weight excluding hydrogens is 352 g/mol. The number of ether oxygens (including phenoxy) is 1. The minimum atomic E-state index is -0.882. The van der Waals surface area contributed by atoms with Gasteiger partial charge < -0.3 is 10.1 Å². The molecule has 0 saturated carbocycles. The lowest BCUT2D eigenvalue weighted by atomic mass is 9.87. The molecule has 1 aliphatic carbocycles. The van der Waals surface area contributed by atoms with Crippen molar-refractivity contribution in [3.8, 4) is 6.07 Å². The molecule has 2 aromatic rings. The maximum absolute atomic E-state index is 12.5. The van der Waals surface area contributed by atoms with E-state index in [0.717, 1.165) is 30.4 Å². The molecule has 5 heteroatoms. The number of carbonyl (C=O) groups is 2. The number of esters is 1. The van der Waals surface area contributed by atoms with Gasteiger partial charge >= 0.3 is 5.97 Å². The molecule has 0 spiro atoms. The van der Waals surface area contributed by atoms with Crippen LogP contribution in [-0.4, -0.2) is 18.0 Å². The standard InChI is InChI=1S/C23H22N2O3/c1-16(28-22(26)14-13-17-9-11-18(15-24)12-10-17)23(27)25-21-8-4-6-19-5-2-3-7-20(19)21/h2-3,5,7,9-14,16,21H,4,6,8H2,1H3,(H,25,27)/b14-13+/t16-,21-/m1/s1. The molecule has 3 rings (SSSR count). The van der Waals surface area contributed by atoms with Crippen molar-refractivity contribution in [3.63, 3.8) is 0 Å². The molecule has 0 saturated heterocycles. The molecule has 1 amide bonds. The summed E-state index contributed by atoms with van der Waals surface area (Å²) in [6.45, 7) is 1.57. The Balaban J connectivity index is 1.54. The van der Waals surface area contributed by atoms with Crippen LogP contribution in [0.15, 0.2) is 54.6 Å². The predicted molar refractivity (Wildman–Crippen MR) is 106 cm³/mol. The summed E-state index contributed by atoms with van der Waals surface area (Å²) in [4.78, 5) is 24.5. The summed E-state index contributed by atoms with van der Waals surface area (Å²) in [5, 5.41) is 11.8. The van der Waals surface area contributed by atoms with Crippen molar-refractivity contribution < 1.29 is 14.3 Å². The smallest absolute Gasteiger partial charge is 0.331 e. The normalized spacial score (nSPS) is 16.6. The molecule has 0 radical (unpaired) electrons. The SMILES string of the molecule is C[C@@H](OC(=O)/C=C/c1ccc(C#N)cc1)C(=O)N[C@@H]1CCCc2ccccc21. The molecule has 1 N–H and O–H groups in total. The summed E-state index contributed by atoms with van der Waals surface area (Å²) in [6, 6.07) is 16.9. The average Bonchev–Trinajstić information content (AvgIpc) is 2.73. The van der Waals surface area contributed by atoms with E-state index >= 15 is 0 Å². The Morgan fingerprint density at radius 1 is 1.21 bits per heavy atom. The van der Waals surface area contributed by atoms with Gasteiger partial charge in [0, 0.05) is 6.08 Å². The maximum Gasteiger partial charge on any atom is 0.331 e. The number of nitrogens with one attached hydrogen (secondary N) is 1. The summed E-state index contributed by atoms with van der Waals surface area (Å²) in [5.41, 5.74) is 3.72. The van der Waals surface area contributed by atoms with Crippen LogP contribution < -0.4 is 5.32 Å². The molecular formula is C23H22N2O3. The predicted octanol–water partition coefficient (Wildman–Crippen LogP) is 3.70. The monoisotopic (exact) mass is 374 g/mol. The van der Waals surface area contributed by atoms with Crippen molar-refractivity contribution in [2.45, 2.75) is 38.3 Å². The van der Waals surface area contributed by atoms with Crippen LogP contribution in [-0.2, 0) is 20.7 Å². The summed E-state index contributed by atoms with van der Waals surface area (Å²) in [5.74, 6) is -0.891. The van der Waals surface area contributed by atoms with Crippen LogP contribution in [0.3, 0.4) is 0 Å². The molecule has 1 aliphatic rings. The Labute approximate surface area is 164 Å². The molecule has 0 aliphatic heterocycles. The molecule has 0 aromatic heterocycles. The van der Waals surface area contributed by atoms with Gasteiger partial charge in [0.2, 0.25) is 0 Å². The van der Waals surface area contributed by atoms with Crippen LogP contribution in [0.25, 0.3) is 6.08 Å². The number of carbonyl (C=O) groups excluding carboxylic acids is 2. The fourth-order valence-corrected chi connectivity index (χ4v) is 3.29. The highest BCUT2D eigenvalue weighted by molar-refractivity contribution is 5.90. The summed E-state index contributed by atoms with van der Waals surface area (Å²) >= 11 is 0. The zero-order valence-corrected chi connectivity index (χ0v) is 15.7. The highest BCUT2D eigenvalue weighted by Crippen LogP contribution is 2.29. The van der Waals surface area contributed by atoms with E-state index in [9.17, 15) is 9.59 Å². The lowest BCUT2D eigenvalue weighted by molar-refractivity contribution is -0.150. The number of aryl methyl sites for hydroxylation is 1. The highest BCUT2D eigenvalue weighted by atomic mass is 16.5. The van der Waals surface area contributed by atoms with E-state index < -0.39 is 12.1 Å². The largest absolute Gasteiger partial charge is 0.449 e. The first-order valence-electron chi connectivity index (χ1n) is 9.34. The van der Waals surface area contributed by atoms with E-state index in [1.807, 2.05) is 24.3 Å². The maximum atomic E-state index is 12.5. The van der Waals surface area contributed by atoms with Crippen LogP contribution in [0.5, 0.6) is 0 Å². The third kappa shape index (κ3) is 4.86. The molecule has 5 nitrogen and oxygen atoms in total. The van der Waals surface area contributed by atoms with Gasteiger partial charge in [-0.05, 0) is 61.1 Å². The third-order valence-corrected chi connectivity index (χ3v) is 4.80. The van der Waals surface area contributed by atoms with Crippen LogP contribution in [0.1, 0.15) is 48.1 Å². The van der Waals surface area contributed by atoms with E-state index in [-0.39, 0.29) is 11.9 Å². The lowest BCUT2D eigenvalue weighted by Gasteiger charge is -2.27. The minimum absolute atomic E-state index is 0.0483. The summed E-state index contributed by atoms with van der Waals surface area (Å²) in [6.07, 6.45) is 4.90. The Bertz CT molecular complexity index is 926. The van der Waals surface area contributed by atoms with Crippen LogP contribution in [0.2, 0.25) is 0 Å². The highest BCUT2D eigenvalue weighted by Gasteiger charge is 2.24. The van der Waals surface area contributed by atoms with Crippen molar-refractivity contribution in [3.05, 3.63) is 76.9 Å². The number of hydrogen-bond acceptors (Lipinski definition) is 4. The van der Waals surface area contributed by atoms with Gasteiger partial charge in [0.1, 0.15) is 0 Å².